The molecule has 0 radical (unpaired) electrons. The second-order valence-electron chi connectivity index (χ2n) is 3.53. The molecule has 0 unspecified atom stereocenters. The summed E-state index contributed by atoms with van der Waals surface area (Å²) < 4.78 is 6.82. The second kappa shape index (κ2) is 5.71. The first-order valence-corrected chi connectivity index (χ1v) is 6.11. The van der Waals surface area contributed by atoms with Gasteiger partial charge in [-0.25, -0.2) is 0 Å². The van der Waals surface area contributed by atoms with Crippen molar-refractivity contribution in [3.05, 3.63) is 64.9 Å². The van der Waals surface area contributed by atoms with Gasteiger partial charge in [-0.3, -0.25) is 0 Å². The Bertz CT molecular complexity index is 429. The first-order chi connectivity index (χ1) is 7.84. The van der Waals surface area contributed by atoms with Gasteiger partial charge < -0.3 is 4.74 Å². The van der Waals surface area contributed by atoms with Crippen LogP contribution in [0.1, 0.15) is 12.8 Å². The molecule has 2 rings (SSSR count). The van der Waals surface area contributed by atoms with Crippen LogP contribution in [0.2, 0.25) is 0 Å². The molecule has 1 nitrogen and oxygen atoms in total. The number of rotatable bonds is 2. The third-order valence-corrected chi connectivity index (χ3v) is 2.71. The molecule has 0 aliphatic heterocycles. The molecule has 0 spiro atoms. The molecule has 0 N–H and O–H groups in total. The van der Waals surface area contributed by atoms with E-state index in [-0.39, 0.29) is 0 Å². The van der Waals surface area contributed by atoms with E-state index in [1.807, 2.05) is 36.4 Å². The summed E-state index contributed by atoms with van der Waals surface area (Å²) in [5, 5.41) is 0. The molecule has 1 aliphatic rings. The van der Waals surface area contributed by atoms with Crippen LogP contribution in [-0.2, 0) is 0 Å². The molecule has 82 valence electrons. The van der Waals surface area contributed by atoms with Crippen molar-refractivity contribution in [3.63, 3.8) is 0 Å². The molecule has 0 aromatic heterocycles. The van der Waals surface area contributed by atoms with Crippen molar-refractivity contribution in [2.75, 3.05) is 0 Å². The predicted molar refractivity (Wildman–Crippen MR) is 70.5 cm³/mol. The number of ether oxygens (including phenoxy) is 1. The van der Waals surface area contributed by atoms with Gasteiger partial charge in [0.2, 0.25) is 0 Å². The van der Waals surface area contributed by atoms with E-state index < -0.39 is 0 Å². The number of hydrogen-bond donors (Lipinski definition) is 0. The Hall–Kier alpha value is -1.28. The zero-order chi connectivity index (χ0) is 11.2. The Morgan fingerprint density at radius 1 is 1.06 bits per heavy atom. The van der Waals surface area contributed by atoms with Gasteiger partial charge in [-0.1, -0.05) is 46.3 Å². The molecule has 0 heterocycles. The molecule has 16 heavy (non-hydrogen) atoms. The van der Waals surface area contributed by atoms with Gasteiger partial charge in [0.05, 0.1) is 0 Å². The van der Waals surface area contributed by atoms with E-state index in [2.05, 4.69) is 34.2 Å². The van der Waals surface area contributed by atoms with Gasteiger partial charge in [0, 0.05) is 4.48 Å². The van der Waals surface area contributed by atoms with Gasteiger partial charge in [-0.2, -0.15) is 0 Å². The lowest BCUT2D eigenvalue weighted by Gasteiger charge is -2.08. The Morgan fingerprint density at radius 3 is 2.69 bits per heavy atom. The van der Waals surface area contributed by atoms with Crippen LogP contribution in [-0.4, -0.2) is 0 Å². The van der Waals surface area contributed by atoms with E-state index in [1.165, 1.54) is 0 Å². The van der Waals surface area contributed by atoms with E-state index in [0.29, 0.717) is 0 Å². The molecule has 2 heteroatoms. The average Bonchev–Trinajstić information content (AvgIpc) is 2.27. The van der Waals surface area contributed by atoms with E-state index in [9.17, 15) is 0 Å². The van der Waals surface area contributed by atoms with Gasteiger partial charge in [0.25, 0.3) is 0 Å². The van der Waals surface area contributed by atoms with Crippen LogP contribution in [0, 0.1) is 0 Å². The minimum Gasteiger partial charge on any atom is -0.458 e. The van der Waals surface area contributed by atoms with Crippen LogP contribution >= 0.6 is 15.9 Å². The number of hydrogen-bond acceptors (Lipinski definition) is 1. The molecule has 0 atom stereocenters. The van der Waals surface area contributed by atoms with Gasteiger partial charge >= 0.3 is 0 Å². The van der Waals surface area contributed by atoms with E-state index in [1.54, 1.807) is 0 Å². The Balaban J connectivity index is 2.14. The molecule has 0 amide bonds. The Kier molecular flexibility index (Phi) is 4.00. The summed E-state index contributed by atoms with van der Waals surface area (Å²) in [6.45, 7) is 0. The molecule has 1 aliphatic carbocycles. The summed E-state index contributed by atoms with van der Waals surface area (Å²) in [4.78, 5) is 0. The average molecular weight is 277 g/mol. The normalized spacial score (nSPS) is 15.8. The lowest BCUT2D eigenvalue weighted by Crippen LogP contribution is -1.93. The van der Waals surface area contributed by atoms with Gasteiger partial charge in [0.15, 0.2) is 0 Å². The van der Waals surface area contributed by atoms with Crippen molar-refractivity contribution >= 4 is 15.9 Å². The number of halogens is 1. The third kappa shape index (κ3) is 3.38. The summed E-state index contributed by atoms with van der Waals surface area (Å²) in [5.41, 5.74) is 0. The largest absolute Gasteiger partial charge is 0.458 e. The molecule has 1 aromatic carbocycles. The van der Waals surface area contributed by atoms with Crippen molar-refractivity contribution in [2.45, 2.75) is 12.8 Å². The standard InChI is InChI=1S/C14H13BrO/c15-12-7-3-1-6-10-14(11-12)16-13-8-4-2-5-9-13/h2-5,7-11H,1,6H2. The highest BCUT2D eigenvalue weighted by atomic mass is 79.9. The van der Waals surface area contributed by atoms with Crippen molar-refractivity contribution in [1.29, 1.82) is 0 Å². The van der Waals surface area contributed by atoms with Crippen LogP contribution in [0.3, 0.4) is 0 Å². The van der Waals surface area contributed by atoms with Crippen LogP contribution in [0.5, 0.6) is 5.75 Å². The summed E-state index contributed by atoms with van der Waals surface area (Å²) in [7, 11) is 0. The minimum atomic E-state index is 0.870. The topological polar surface area (TPSA) is 9.23 Å². The molecule has 0 saturated heterocycles. The van der Waals surface area contributed by atoms with Crippen molar-refractivity contribution in [1.82, 2.24) is 0 Å². The zero-order valence-corrected chi connectivity index (χ0v) is 10.5. The molecular weight excluding hydrogens is 264 g/mol. The lowest BCUT2D eigenvalue weighted by molar-refractivity contribution is 0.441. The minimum absolute atomic E-state index is 0.870. The highest BCUT2D eigenvalue weighted by molar-refractivity contribution is 9.11. The monoisotopic (exact) mass is 276 g/mol. The molecule has 1 aromatic rings. The van der Waals surface area contributed by atoms with Crippen LogP contribution < -0.4 is 4.74 Å². The molecule has 0 bridgehead atoms. The molecule has 0 fully saturated rings. The second-order valence-corrected chi connectivity index (χ2v) is 4.45. The van der Waals surface area contributed by atoms with Crippen molar-refractivity contribution in [3.8, 4) is 5.75 Å². The SMILES string of the molecule is BrC1=CC(Oc2ccccc2)=CCCC=C1. The maximum atomic E-state index is 5.78. The van der Waals surface area contributed by atoms with Crippen LogP contribution in [0.25, 0.3) is 0 Å². The fourth-order valence-electron chi connectivity index (χ4n) is 1.46. The summed E-state index contributed by atoms with van der Waals surface area (Å²) in [6.07, 6.45) is 10.4. The van der Waals surface area contributed by atoms with Crippen LogP contribution in [0.4, 0.5) is 0 Å². The number of benzene rings is 1. The highest BCUT2D eigenvalue weighted by Gasteiger charge is 2.00. The zero-order valence-electron chi connectivity index (χ0n) is 8.90. The third-order valence-electron chi connectivity index (χ3n) is 2.21. The fraction of sp³-hybridized carbons (Fsp3) is 0.143. The first-order valence-electron chi connectivity index (χ1n) is 5.31. The summed E-state index contributed by atoms with van der Waals surface area (Å²) in [6, 6.07) is 9.83. The maximum absolute atomic E-state index is 5.78. The smallest absolute Gasteiger partial charge is 0.127 e. The maximum Gasteiger partial charge on any atom is 0.127 e. The summed E-state index contributed by atoms with van der Waals surface area (Å²) >= 11 is 3.48. The predicted octanol–water partition coefficient (Wildman–Crippen LogP) is 4.58. The van der Waals surface area contributed by atoms with Gasteiger partial charge in [-0.05, 0) is 37.1 Å². The quantitative estimate of drug-likeness (QED) is 0.769. The fourth-order valence-corrected chi connectivity index (χ4v) is 1.87. The highest BCUT2D eigenvalue weighted by Crippen LogP contribution is 2.19. The number of allylic oxidation sites excluding steroid dienone is 5. The van der Waals surface area contributed by atoms with Crippen molar-refractivity contribution < 1.29 is 4.74 Å². The molecule has 0 saturated carbocycles. The lowest BCUT2D eigenvalue weighted by atomic mass is 10.2. The van der Waals surface area contributed by atoms with Crippen molar-refractivity contribution in [2.24, 2.45) is 0 Å². The Labute approximate surface area is 104 Å². The first kappa shape index (κ1) is 11.2. The number of para-hydroxylation sites is 1. The summed E-state index contributed by atoms with van der Waals surface area (Å²) in [5.74, 6) is 1.76. The van der Waals surface area contributed by atoms with Crippen LogP contribution in [0.15, 0.2) is 64.9 Å². The van der Waals surface area contributed by atoms with Gasteiger partial charge in [0.1, 0.15) is 11.5 Å². The van der Waals surface area contributed by atoms with E-state index in [4.69, 9.17) is 4.74 Å². The van der Waals surface area contributed by atoms with E-state index >= 15 is 0 Å². The van der Waals surface area contributed by atoms with Gasteiger partial charge in [-0.15, -0.1) is 0 Å². The Morgan fingerprint density at radius 2 is 1.88 bits per heavy atom. The molecular formula is C14H13BrO. The van der Waals surface area contributed by atoms with E-state index in [0.717, 1.165) is 28.8 Å².